The third-order valence-corrected chi connectivity index (χ3v) is 7.07. The minimum absolute atomic E-state index is 0.150. The van der Waals surface area contributed by atoms with Crippen LogP contribution in [0.1, 0.15) is 45.4 Å². The largest absolute Gasteiger partial charge is 0.393 e. The molecule has 5 rings (SSSR count). The second-order valence-electron chi connectivity index (χ2n) is 9.56. The Morgan fingerprint density at radius 2 is 1.85 bits per heavy atom. The Morgan fingerprint density at radius 1 is 1.09 bits per heavy atom. The molecule has 0 bridgehead atoms. The van der Waals surface area contributed by atoms with E-state index in [0.717, 1.165) is 100 Å². The van der Waals surface area contributed by atoms with Crippen molar-refractivity contribution in [2.75, 3.05) is 43.1 Å². The summed E-state index contributed by atoms with van der Waals surface area (Å²) < 4.78 is 7.55. The maximum Gasteiger partial charge on any atom is 0.224 e. The van der Waals surface area contributed by atoms with E-state index in [1.54, 1.807) is 0 Å². The van der Waals surface area contributed by atoms with Gasteiger partial charge in [0.2, 0.25) is 5.95 Å². The van der Waals surface area contributed by atoms with Crippen molar-refractivity contribution in [2.45, 2.75) is 58.1 Å². The molecule has 0 spiro atoms. The molecule has 1 saturated heterocycles. The molecule has 0 radical (unpaired) electrons. The highest BCUT2D eigenvalue weighted by Gasteiger charge is 2.23. The zero-order valence-electron chi connectivity index (χ0n) is 20.1. The lowest BCUT2D eigenvalue weighted by molar-refractivity contribution is 0.103. The third kappa shape index (κ3) is 5.18. The molecule has 2 aromatic heterocycles. The molecule has 3 aromatic rings. The minimum Gasteiger partial charge on any atom is -0.393 e. The van der Waals surface area contributed by atoms with E-state index in [-0.39, 0.29) is 6.10 Å². The molecule has 8 nitrogen and oxygen atoms in total. The van der Waals surface area contributed by atoms with Crippen LogP contribution < -0.4 is 10.2 Å². The minimum atomic E-state index is -0.150. The van der Waals surface area contributed by atoms with Crippen LogP contribution >= 0.6 is 0 Å². The highest BCUT2D eigenvalue weighted by Crippen LogP contribution is 2.31. The lowest BCUT2D eigenvalue weighted by Crippen LogP contribution is -2.36. The molecule has 0 atom stereocenters. The number of rotatable bonds is 8. The summed E-state index contributed by atoms with van der Waals surface area (Å²) in [5.41, 5.74) is 4.11. The topological polar surface area (TPSA) is 88.3 Å². The molecule has 3 heterocycles. The smallest absolute Gasteiger partial charge is 0.224 e. The van der Waals surface area contributed by atoms with Crippen LogP contribution in [0.25, 0.3) is 22.3 Å². The number of hydrogen-bond donors (Lipinski definition) is 2. The quantitative estimate of drug-likeness (QED) is 0.485. The highest BCUT2D eigenvalue weighted by molar-refractivity contribution is 5.91. The molecule has 8 heteroatoms. The SMILES string of the molecule is CCCCNc1ncc2c(-c3ccc(N4CCOCC4)cc3)nn(CC3CCC(O)CC3)c2n1. The summed E-state index contributed by atoms with van der Waals surface area (Å²) >= 11 is 0. The fourth-order valence-electron chi connectivity index (χ4n) is 4.98. The molecule has 34 heavy (non-hydrogen) atoms. The van der Waals surface area contributed by atoms with Gasteiger partial charge in [-0.1, -0.05) is 25.5 Å². The van der Waals surface area contributed by atoms with E-state index in [1.807, 2.05) is 6.20 Å². The van der Waals surface area contributed by atoms with Crippen molar-refractivity contribution >= 4 is 22.7 Å². The second-order valence-corrected chi connectivity index (χ2v) is 9.56. The van der Waals surface area contributed by atoms with Gasteiger partial charge in [0.1, 0.15) is 5.69 Å². The molecule has 1 saturated carbocycles. The molecular formula is C26H36N6O2. The van der Waals surface area contributed by atoms with Crippen molar-refractivity contribution in [1.82, 2.24) is 19.7 Å². The average Bonchev–Trinajstić information content (AvgIpc) is 3.24. The molecule has 1 aliphatic heterocycles. The van der Waals surface area contributed by atoms with Gasteiger partial charge in [-0.25, -0.2) is 9.67 Å². The number of aromatic nitrogens is 4. The Hall–Kier alpha value is -2.71. The molecule has 1 aromatic carbocycles. The van der Waals surface area contributed by atoms with Crippen LogP contribution in [-0.4, -0.2) is 63.8 Å². The van der Waals surface area contributed by atoms with Crippen molar-refractivity contribution in [3.05, 3.63) is 30.5 Å². The van der Waals surface area contributed by atoms with E-state index in [1.165, 1.54) is 5.69 Å². The highest BCUT2D eigenvalue weighted by atomic mass is 16.5. The number of aliphatic hydroxyl groups is 1. The lowest BCUT2D eigenvalue weighted by atomic mass is 9.87. The molecule has 2 fully saturated rings. The standard InChI is InChI=1S/C26H36N6O2/c1-2-3-12-27-26-28-17-23-24(20-6-8-21(9-7-20)31-13-15-34-16-14-31)30-32(25(23)29-26)18-19-4-10-22(33)11-5-19/h6-9,17,19,22,33H,2-5,10-16,18H2,1H3,(H,27,28,29). The summed E-state index contributed by atoms with van der Waals surface area (Å²) in [5, 5.41) is 19.3. The summed E-state index contributed by atoms with van der Waals surface area (Å²) in [5.74, 6) is 1.17. The molecule has 1 aliphatic carbocycles. The first-order valence-corrected chi connectivity index (χ1v) is 12.8. The molecular weight excluding hydrogens is 428 g/mol. The Bertz CT molecular complexity index is 1070. The van der Waals surface area contributed by atoms with Crippen LogP contribution in [0.5, 0.6) is 0 Å². The van der Waals surface area contributed by atoms with Crippen molar-refractivity contribution in [3.63, 3.8) is 0 Å². The van der Waals surface area contributed by atoms with E-state index >= 15 is 0 Å². The fourth-order valence-corrected chi connectivity index (χ4v) is 4.98. The summed E-state index contributed by atoms with van der Waals surface area (Å²) in [6.45, 7) is 7.27. The first-order chi connectivity index (χ1) is 16.7. The fraction of sp³-hybridized carbons (Fsp3) is 0.577. The van der Waals surface area contributed by atoms with Crippen molar-refractivity contribution in [3.8, 4) is 11.3 Å². The molecule has 2 aliphatic rings. The Kier molecular flexibility index (Phi) is 7.25. The van der Waals surface area contributed by atoms with E-state index < -0.39 is 0 Å². The van der Waals surface area contributed by atoms with Crippen molar-refractivity contribution in [1.29, 1.82) is 0 Å². The second kappa shape index (κ2) is 10.7. The number of fused-ring (bicyclic) bond motifs is 1. The summed E-state index contributed by atoms with van der Waals surface area (Å²) in [6.07, 6.45) is 7.78. The third-order valence-electron chi connectivity index (χ3n) is 7.07. The van der Waals surface area contributed by atoms with Gasteiger partial charge < -0.3 is 20.1 Å². The van der Waals surface area contributed by atoms with E-state index in [0.29, 0.717) is 11.9 Å². The Balaban J connectivity index is 1.44. The molecule has 0 unspecified atom stereocenters. The number of morpholine rings is 1. The molecule has 0 amide bonds. The van der Waals surface area contributed by atoms with Crippen molar-refractivity contribution < 1.29 is 9.84 Å². The van der Waals surface area contributed by atoms with Crippen LogP contribution in [-0.2, 0) is 11.3 Å². The maximum absolute atomic E-state index is 9.91. The monoisotopic (exact) mass is 464 g/mol. The maximum atomic E-state index is 9.91. The van der Waals surface area contributed by atoms with Crippen LogP contribution in [0.3, 0.4) is 0 Å². The first kappa shape index (κ1) is 23.1. The zero-order valence-corrected chi connectivity index (χ0v) is 20.1. The number of unbranched alkanes of at least 4 members (excludes halogenated alkanes) is 1. The molecule has 2 N–H and O–H groups in total. The van der Waals surface area contributed by atoms with Crippen LogP contribution in [0.15, 0.2) is 30.5 Å². The summed E-state index contributed by atoms with van der Waals surface area (Å²) in [6, 6.07) is 8.66. The number of aliphatic hydroxyl groups excluding tert-OH is 1. The van der Waals surface area contributed by atoms with Gasteiger partial charge >= 0.3 is 0 Å². The summed E-state index contributed by atoms with van der Waals surface area (Å²) in [4.78, 5) is 11.8. The van der Waals surface area contributed by atoms with Crippen molar-refractivity contribution in [2.24, 2.45) is 5.92 Å². The number of nitrogens with zero attached hydrogens (tertiary/aromatic N) is 5. The van der Waals surface area contributed by atoms with Gasteiger partial charge in [0.25, 0.3) is 0 Å². The first-order valence-electron chi connectivity index (χ1n) is 12.8. The number of benzene rings is 1. The zero-order chi connectivity index (χ0) is 23.3. The Labute approximate surface area is 201 Å². The van der Waals surface area contributed by atoms with Crippen LogP contribution in [0.4, 0.5) is 11.6 Å². The average molecular weight is 465 g/mol. The van der Waals surface area contributed by atoms with Gasteiger partial charge in [0, 0.05) is 43.6 Å². The number of nitrogens with one attached hydrogen (secondary N) is 1. The van der Waals surface area contributed by atoms with Gasteiger partial charge in [-0.05, 0) is 50.2 Å². The predicted molar refractivity (Wildman–Crippen MR) is 135 cm³/mol. The van der Waals surface area contributed by atoms with E-state index in [9.17, 15) is 5.11 Å². The predicted octanol–water partition coefficient (Wildman–Crippen LogP) is 4.09. The molecule has 182 valence electrons. The van der Waals surface area contributed by atoms with E-state index in [2.05, 4.69) is 51.1 Å². The van der Waals surface area contributed by atoms with Gasteiger partial charge in [0.15, 0.2) is 5.65 Å². The number of anilines is 2. The number of hydrogen-bond acceptors (Lipinski definition) is 7. The van der Waals surface area contributed by atoms with Gasteiger partial charge in [-0.3, -0.25) is 0 Å². The van der Waals surface area contributed by atoms with Gasteiger partial charge in [-0.15, -0.1) is 0 Å². The van der Waals surface area contributed by atoms with E-state index in [4.69, 9.17) is 14.8 Å². The van der Waals surface area contributed by atoms with Gasteiger partial charge in [0.05, 0.1) is 24.7 Å². The Morgan fingerprint density at radius 3 is 2.59 bits per heavy atom. The lowest BCUT2D eigenvalue weighted by Gasteiger charge is -2.28. The van der Waals surface area contributed by atoms with Crippen LogP contribution in [0.2, 0.25) is 0 Å². The van der Waals surface area contributed by atoms with Crippen LogP contribution in [0, 0.1) is 5.92 Å². The normalized spacial score (nSPS) is 21.2. The number of ether oxygens (including phenoxy) is 1. The van der Waals surface area contributed by atoms with Gasteiger partial charge in [-0.2, -0.15) is 10.1 Å². The summed E-state index contributed by atoms with van der Waals surface area (Å²) in [7, 11) is 0.